The molecule has 3 aliphatic rings. The minimum Gasteiger partial charge on any atom is -0.353 e. The number of piperidine rings is 1. The van der Waals surface area contributed by atoms with Crippen molar-refractivity contribution in [1.82, 2.24) is 10.2 Å². The Labute approximate surface area is 131 Å². The van der Waals surface area contributed by atoms with Crippen LogP contribution in [0.3, 0.4) is 0 Å². The van der Waals surface area contributed by atoms with Gasteiger partial charge in [0.1, 0.15) is 0 Å². The molecule has 22 heavy (non-hydrogen) atoms. The van der Waals surface area contributed by atoms with Crippen molar-refractivity contribution >= 4 is 11.8 Å². The fourth-order valence-electron chi connectivity index (χ4n) is 3.63. The highest BCUT2D eigenvalue weighted by Gasteiger charge is 2.43. The van der Waals surface area contributed by atoms with Gasteiger partial charge in [-0.3, -0.25) is 9.59 Å². The quantitative estimate of drug-likeness (QED) is 0.867. The number of carbonyl (C=O) groups is 2. The lowest BCUT2D eigenvalue weighted by Gasteiger charge is -2.37. The van der Waals surface area contributed by atoms with Crippen LogP contribution < -0.4 is 5.32 Å². The summed E-state index contributed by atoms with van der Waals surface area (Å²) < 4.78 is 14.8. The molecule has 0 aromatic rings. The van der Waals surface area contributed by atoms with Crippen molar-refractivity contribution in [3.8, 4) is 0 Å². The standard InChI is InChI=1S/C17H27FN2O2/c18-17(16(22)19-12-13-6-7-13)8-10-20(11-9-17)15(21)14-4-2-1-3-5-14/h13-14H,1-12H2,(H,19,22). The molecule has 0 bridgehead atoms. The van der Waals surface area contributed by atoms with Crippen LogP contribution in [0.5, 0.6) is 0 Å². The van der Waals surface area contributed by atoms with Crippen molar-refractivity contribution in [2.24, 2.45) is 11.8 Å². The molecule has 0 spiro atoms. The molecule has 1 aliphatic heterocycles. The summed E-state index contributed by atoms with van der Waals surface area (Å²) in [5, 5.41) is 2.74. The van der Waals surface area contributed by atoms with Crippen LogP contribution in [0.4, 0.5) is 4.39 Å². The van der Waals surface area contributed by atoms with Gasteiger partial charge < -0.3 is 10.2 Å². The van der Waals surface area contributed by atoms with E-state index in [1.165, 1.54) is 6.42 Å². The zero-order chi connectivity index (χ0) is 15.6. The van der Waals surface area contributed by atoms with Crippen LogP contribution in [-0.2, 0) is 9.59 Å². The second kappa shape index (κ2) is 6.55. The summed E-state index contributed by atoms with van der Waals surface area (Å²) >= 11 is 0. The zero-order valence-electron chi connectivity index (χ0n) is 13.3. The molecule has 0 radical (unpaired) electrons. The largest absolute Gasteiger partial charge is 0.353 e. The molecule has 124 valence electrons. The number of halogens is 1. The average molecular weight is 310 g/mol. The van der Waals surface area contributed by atoms with E-state index in [1.807, 2.05) is 0 Å². The van der Waals surface area contributed by atoms with Crippen molar-refractivity contribution in [3.05, 3.63) is 0 Å². The molecule has 2 aliphatic carbocycles. The number of alkyl halides is 1. The minimum absolute atomic E-state index is 0.129. The number of carbonyl (C=O) groups excluding carboxylic acids is 2. The number of hydrogen-bond acceptors (Lipinski definition) is 2. The molecule has 4 nitrogen and oxygen atoms in total. The van der Waals surface area contributed by atoms with Gasteiger partial charge in [-0.25, -0.2) is 4.39 Å². The van der Waals surface area contributed by atoms with Crippen molar-refractivity contribution in [2.45, 2.75) is 63.5 Å². The summed E-state index contributed by atoms with van der Waals surface area (Å²) in [4.78, 5) is 26.3. The summed E-state index contributed by atoms with van der Waals surface area (Å²) in [6.45, 7) is 1.36. The highest BCUT2D eigenvalue weighted by molar-refractivity contribution is 5.86. The van der Waals surface area contributed by atoms with Gasteiger partial charge >= 0.3 is 0 Å². The number of likely N-dealkylation sites (tertiary alicyclic amines) is 1. The molecule has 3 fully saturated rings. The predicted octanol–water partition coefficient (Wildman–Crippen LogP) is 2.42. The Bertz CT molecular complexity index is 422. The zero-order valence-corrected chi connectivity index (χ0v) is 13.3. The smallest absolute Gasteiger partial charge is 0.257 e. The first kappa shape index (κ1) is 15.8. The maximum atomic E-state index is 14.8. The molecule has 1 heterocycles. The highest BCUT2D eigenvalue weighted by atomic mass is 19.1. The van der Waals surface area contributed by atoms with Gasteiger partial charge in [0.25, 0.3) is 5.91 Å². The van der Waals surface area contributed by atoms with E-state index >= 15 is 0 Å². The van der Waals surface area contributed by atoms with E-state index < -0.39 is 11.6 Å². The molecule has 5 heteroatoms. The van der Waals surface area contributed by atoms with Gasteiger partial charge in [-0.1, -0.05) is 19.3 Å². The van der Waals surface area contributed by atoms with Gasteiger partial charge in [-0.2, -0.15) is 0 Å². The van der Waals surface area contributed by atoms with E-state index in [9.17, 15) is 14.0 Å². The van der Waals surface area contributed by atoms with E-state index in [2.05, 4.69) is 5.32 Å². The summed E-state index contributed by atoms with van der Waals surface area (Å²) in [7, 11) is 0. The molecule has 0 aromatic heterocycles. The third kappa shape index (κ3) is 3.61. The topological polar surface area (TPSA) is 49.4 Å². The molecule has 0 aromatic carbocycles. The van der Waals surface area contributed by atoms with E-state index in [1.54, 1.807) is 4.90 Å². The fraction of sp³-hybridized carbons (Fsp3) is 0.882. The Morgan fingerprint density at radius 1 is 1.05 bits per heavy atom. The Hall–Kier alpha value is -1.13. The van der Waals surface area contributed by atoms with Crippen LogP contribution >= 0.6 is 0 Å². The third-order valence-corrected chi connectivity index (χ3v) is 5.48. The van der Waals surface area contributed by atoms with Crippen molar-refractivity contribution < 1.29 is 14.0 Å². The molecule has 1 saturated heterocycles. The lowest BCUT2D eigenvalue weighted by Crippen LogP contribution is -2.53. The van der Waals surface area contributed by atoms with Crippen LogP contribution in [0.2, 0.25) is 0 Å². The summed E-state index contributed by atoms with van der Waals surface area (Å²) in [6, 6.07) is 0. The maximum absolute atomic E-state index is 14.8. The Morgan fingerprint density at radius 2 is 1.68 bits per heavy atom. The van der Waals surface area contributed by atoms with Gasteiger partial charge in [-0.15, -0.1) is 0 Å². The van der Waals surface area contributed by atoms with Crippen molar-refractivity contribution in [2.75, 3.05) is 19.6 Å². The van der Waals surface area contributed by atoms with Crippen LogP contribution in [0.25, 0.3) is 0 Å². The summed E-state index contributed by atoms with van der Waals surface area (Å²) in [6.07, 6.45) is 7.98. The molecule has 1 N–H and O–H groups in total. The Morgan fingerprint density at radius 3 is 2.27 bits per heavy atom. The van der Waals surface area contributed by atoms with Gasteiger partial charge in [0.2, 0.25) is 5.91 Å². The molecule has 2 saturated carbocycles. The molecule has 0 unspecified atom stereocenters. The fourth-order valence-corrected chi connectivity index (χ4v) is 3.63. The van der Waals surface area contributed by atoms with E-state index in [0.717, 1.165) is 38.5 Å². The van der Waals surface area contributed by atoms with E-state index in [-0.39, 0.29) is 24.7 Å². The number of rotatable bonds is 4. The number of hydrogen-bond donors (Lipinski definition) is 1. The van der Waals surface area contributed by atoms with Crippen LogP contribution in [0.15, 0.2) is 0 Å². The Balaban J connectivity index is 1.47. The van der Waals surface area contributed by atoms with Gasteiger partial charge in [-0.05, 0) is 31.6 Å². The number of nitrogens with one attached hydrogen (secondary N) is 1. The molecule has 0 atom stereocenters. The Kier molecular flexibility index (Phi) is 4.69. The van der Waals surface area contributed by atoms with Crippen LogP contribution in [0, 0.1) is 11.8 Å². The maximum Gasteiger partial charge on any atom is 0.257 e. The SMILES string of the molecule is O=C(C1CCCCC1)N1CCC(F)(C(=O)NCC2CC2)CC1. The van der Waals surface area contributed by atoms with Crippen LogP contribution in [-0.4, -0.2) is 42.0 Å². The summed E-state index contributed by atoms with van der Waals surface area (Å²) in [5.41, 5.74) is -1.78. The van der Waals surface area contributed by atoms with Crippen LogP contribution in [0.1, 0.15) is 57.8 Å². The highest BCUT2D eigenvalue weighted by Crippen LogP contribution is 2.32. The molecule has 3 rings (SSSR count). The number of nitrogens with zero attached hydrogens (tertiary/aromatic N) is 1. The van der Waals surface area contributed by atoms with Crippen molar-refractivity contribution in [1.29, 1.82) is 0 Å². The van der Waals surface area contributed by atoms with E-state index in [0.29, 0.717) is 25.6 Å². The second-order valence-corrected chi connectivity index (χ2v) is 7.28. The minimum atomic E-state index is -1.78. The monoisotopic (exact) mass is 310 g/mol. The normalized spacial score (nSPS) is 25.8. The number of amides is 2. The first-order valence-corrected chi connectivity index (χ1v) is 8.84. The second-order valence-electron chi connectivity index (χ2n) is 7.28. The first-order chi connectivity index (χ1) is 10.6. The lowest BCUT2D eigenvalue weighted by atomic mass is 9.86. The summed E-state index contributed by atoms with van der Waals surface area (Å²) in [5.74, 6) is 0.398. The van der Waals surface area contributed by atoms with Gasteiger partial charge in [0.15, 0.2) is 5.67 Å². The lowest BCUT2D eigenvalue weighted by molar-refractivity contribution is -0.145. The molecular formula is C17H27FN2O2. The molecular weight excluding hydrogens is 283 g/mol. The average Bonchev–Trinajstić information content (AvgIpc) is 3.38. The first-order valence-electron chi connectivity index (χ1n) is 8.84. The van der Waals surface area contributed by atoms with Gasteiger partial charge in [0, 0.05) is 38.4 Å². The third-order valence-electron chi connectivity index (χ3n) is 5.48. The molecule has 2 amide bonds. The van der Waals surface area contributed by atoms with E-state index in [4.69, 9.17) is 0 Å². The van der Waals surface area contributed by atoms with Crippen molar-refractivity contribution in [3.63, 3.8) is 0 Å². The van der Waals surface area contributed by atoms with Gasteiger partial charge in [0.05, 0.1) is 0 Å². The predicted molar refractivity (Wildman–Crippen MR) is 82.0 cm³/mol.